The molecule has 1 unspecified atom stereocenters. The molecule has 2 rings (SSSR count). The number of hydrogen-bond acceptors (Lipinski definition) is 1. The van der Waals surface area contributed by atoms with Crippen LogP contribution in [0.2, 0.25) is 0 Å². The lowest BCUT2D eigenvalue weighted by Crippen LogP contribution is -2.25. The van der Waals surface area contributed by atoms with E-state index in [1.165, 1.54) is 43.2 Å². The predicted molar refractivity (Wildman–Crippen MR) is 78.8 cm³/mol. The largest absolute Gasteiger partial charge is 0.327 e. The second-order valence-corrected chi connectivity index (χ2v) is 6.25. The summed E-state index contributed by atoms with van der Waals surface area (Å²) in [5.41, 5.74) is 9.10. The van der Waals surface area contributed by atoms with Gasteiger partial charge in [-0.1, -0.05) is 63.8 Å². The van der Waals surface area contributed by atoms with Crippen molar-refractivity contribution in [3.63, 3.8) is 0 Å². The van der Waals surface area contributed by atoms with Crippen molar-refractivity contribution in [3.05, 3.63) is 35.4 Å². The summed E-state index contributed by atoms with van der Waals surface area (Å²) in [6.45, 7) is 4.47. The van der Waals surface area contributed by atoms with Gasteiger partial charge in [0.15, 0.2) is 0 Å². The lowest BCUT2D eigenvalue weighted by atomic mass is 9.93. The average Bonchev–Trinajstić information content (AvgIpc) is 2.82. The molecule has 0 bridgehead atoms. The van der Waals surface area contributed by atoms with Crippen LogP contribution < -0.4 is 5.73 Å². The highest BCUT2D eigenvalue weighted by molar-refractivity contribution is 5.25. The second kappa shape index (κ2) is 6.38. The monoisotopic (exact) mass is 245 g/mol. The van der Waals surface area contributed by atoms with Gasteiger partial charge in [-0.3, -0.25) is 0 Å². The van der Waals surface area contributed by atoms with Crippen molar-refractivity contribution in [2.24, 2.45) is 11.7 Å². The summed E-state index contributed by atoms with van der Waals surface area (Å²) < 4.78 is 0. The van der Waals surface area contributed by atoms with Crippen LogP contribution in [0.4, 0.5) is 0 Å². The molecule has 100 valence electrons. The molecule has 0 heterocycles. The third kappa shape index (κ3) is 3.84. The Hall–Kier alpha value is -0.820. The Morgan fingerprint density at radius 2 is 1.72 bits per heavy atom. The van der Waals surface area contributed by atoms with Crippen LogP contribution in [-0.2, 0) is 6.42 Å². The van der Waals surface area contributed by atoms with E-state index in [1.54, 1.807) is 0 Å². The minimum atomic E-state index is 0.345. The van der Waals surface area contributed by atoms with Gasteiger partial charge < -0.3 is 5.73 Å². The number of nitrogens with two attached hydrogens (primary N) is 1. The van der Waals surface area contributed by atoms with Crippen LogP contribution in [0.15, 0.2) is 24.3 Å². The summed E-state index contributed by atoms with van der Waals surface area (Å²) in [5, 5.41) is 0. The Kier molecular flexibility index (Phi) is 4.82. The first-order valence-corrected chi connectivity index (χ1v) is 7.49. The molecule has 0 spiro atoms. The zero-order valence-corrected chi connectivity index (χ0v) is 11.9. The van der Waals surface area contributed by atoms with E-state index in [0.29, 0.717) is 12.0 Å². The summed E-state index contributed by atoms with van der Waals surface area (Å²) in [6, 6.07) is 9.36. The molecule has 1 fully saturated rings. The van der Waals surface area contributed by atoms with Gasteiger partial charge in [0.1, 0.15) is 0 Å². The molecule has 18 heavy (non-hydrogen) atoms. The van der Waals surface area contributed by atoms with Gasteiger partial charge in [-0.2, -0.15) is 0 Å². The fourth-order valence-electron chi connectivity index (χ4n) is 3.10. The van der Waals surface area contributed by atoms with Gasteiger partial charge in [0.2, 0.25) is 0 Å². The summed E-state index contributed by atoms with van der Waals surface area (Å²) in [5.74, 6) is 1.51. The molecule has 1 aliphatic carbocycles. The SMILES string of the molecule is CC(C)c1ccc(CC(N)CC2CCCC2)cc1. The molecule has 0 aliphatic heterocycles. The van der Waals surface area contributed by atoms with Crippen molar-refractivity contribution in [2.75, 3.05) is 0 Å². The van der Waals surface area contributed by atoms with Gasteiger partial charge in [0, 0.05) is 6.04 Å². The molecule has 0 saturated heterocycles. The van der Waals surface area contributed by atoms with Crippen LogP contribution in [0, 0.1) is 5.92 Å². The Morgan fingerprint density at radius 3 is 2.28 bits per heavy atom. The normalized spacial score (nSPS) is 18.4. The molecule has 1 aromatic rings. The average molecular weight is 245 g/mol. The highest BCUT2D eigenvalue weighted by atomic mass is 14.6. The molecule has 2 N–H and O–H groups in total. The van der Waals surface area contributed by atoms with Crippen LogP contribution in [0.3, 0.4) is 0 Å². The van der Waals surface area contributed by atoms with Crippen LogP contribution in [0.5, 0.6) is 0 Å². The third-order valence-electron chi connectivity index (χ3n) is 4.26. The maximum absolute atomic E-state index is 6.28. The van der Waals surface area contributed by atoms with E-state index in [0.717, 1.165) is 12.3 Å². The Labute approximate surface area is 112 Å². The van der Waals surface area contributed by atoms with Gasteiger partial charge in [-0.05, 0) is 35.8 Å². The molecular formula is C17H27N. The number of rotatable bonds is 5. The Bertz CT molecular complexity index is 346. The molecule has 0 aromatic heterocycles. The topological polar surface area (TPSA) is 26.0 Å². The van der Waals surface area contributed by atoms with Gasteiger partial charge in [0.25, 0.3) is 0 Å². The molecule has 1 nitrogen and oxygen atoms in total. The van der Waals surface area contributed by atoms with Crippen LogP contribution in [-0.4, -0.2) is 6.04 Å². The number of hydrogen-bond donors (Lipinski definition) is 1. The van der Waals surface area contributed by atoms with Crippen LogP contribution in [0.25, 0.3) is 0 Å². The smallest absolute Gasteiger partial charge is 0.00819 e. The van der Waals surface area contributed by atoms with Crippen molar-refractivity contribution < 1.29 is 0 Å². The molecule has 1 heteroatoms. The van der Waals surface area contributed by atoms with Crippen molar-refractivity contribution in [1.29, 1.82) is 0 Å². The van der Waals surface area contributed by atoms with E-state index in [9.17, 15) is 0 Å². The van der Waals surface area contributed by atoms with E-state index in [4.69, 9.17) is 5.73 Å². The first-order chi connectivity index (χ1) is 8.65. The minimum Gasteiger partial charge on any atom is -0.327 e. The molecular weight excluding hydrogens is 218 g/mol. The molecule has 0 amide bonds. The first-order valence-electron chi connectivity index (χ1n) is 7.49. The quantitative estimate of drug-likeness (QED) is 0.824. The third-order valence-corrected chi connectivity index (χ3v) is 4.26. The molecule has 1 atom stereocenters. The highest BCUT2D eigenvalue weighted by Crippen LogP contribution is 2.28. The second-order valence-electron chi connectivity index (χ2n) is 6.25. The number of benzene rings is 1. The molecule has 1 aliphatic rings. The fourth-order valence-corrected chi connectivity index (χ4v) is 3.10. The molecule has 1 saturated carbocycles. The Balaban J connectivity index is 1.84. The van der Waals surface area contributed by atoms with Gasteiger partial charge >= 0.3 is 0 Å². The standard InChI is InChI=1S/C17H27N/c1-13(2)16-9-7-15(8-10-16)12-17(18)11-14-5-3-4-6-14/h7-10,13-14,17H,3-6,11-12,18H2,1-2H3. The maximum Gasteiger partial charge on any atom is 0.00819 e. The van der Waals surface area contributed by atoms with Crippen LogP contribution in [0.1, 0.15) is 63.0 Å². The van der Waals surface area contributed by atoms with E-state index in [2.05, 4.69) is 38.1 Å². The van der Waals surface area contributed by atoms with Gasteiger partial charge in [-0.25, -0.2) is 0 Å². The summed E-state index contributed by atoms with van der Waals surface area (Å²) in [4.78, 5) is 0. The van der Waals surface area contributed by atoms with Crippen molar-refractivity contribution >= 4 is 0 Å². The summed E-state index contributed by atoms with van der Waals surface area (Å²) in [6.07, 6.45) is 7.89. The predicted octanol–water partition coefficient (Wildman–Crippen LogP) is 4.26. The van der Waals surface area contributed by atoms with E-state index >= 15 is 0 Å². The lowest BCUT2D eigenvalue weighted by molar-refractivity contribution is 0.440. The summed E-state index contributed by atoms with van der Waals surface area (Å²) >= 11 is 0. The molecule has 1 aromatic carbocycles. The van der Waals surface area contributed by atoms with Crippen LogP contribution >= 0.6 is 0 Å². The van der Waals surface area contributed by atoms with E-state index in [1.807, 2.05) is 0 Å². The van der Waals surface area contributed by atoms with Crippen molar-refractivity contribution in [2.45, 2.75) is 64.3 Å². The first kappa shape index (κ1) is 13.6. The van der Waals surface area contributed by atoms with E-state index < -0.39 is 0 Å². The lowest BCUT2D eigenvalue weighted by Gasteiger charge is -2.16. The van der Waals surface area contributed by atoms with Gasteiger partial charge in [0.05, 0.1) is 0 Å². The zero-order valence-electron chi connectivity index (χ0n) is 11.9. The molecule has 0 radical (unpaired) electrons. The Morgan fingerprint density at radius 1 is 1.11 bits per heavy atom. The zero-order chi connectivity index (χ0) is 13.0. The highest BCUT2D eigenvalue weighted by Gasteiger charge is 2.18. The van der Waals surface area contributed by atoms with Crippen molar-refractivity contribution in [1.82, 2.24) is 0 Å². The minimum absolute atomic E-state index is 0.345. The fraction of sp³-hybridized carbons (Fsp3) is 0.647. The van der Waals surface area contributed by atoms with Gasteiger partial charge in [-0.15, -0.1) is 0 Å². The van der Waals surface area contributed by atoms with E-state index in [-0.39, 0.29) is 0 Å². The maximum atomic E-state index is 6.28. The van der Waals surface area contributed by atoms with Crippen molar-refractivity contribution in [3.8, 4) is 0 Å². The summed E-state index contributed by atoms with van der Waals surface area (Å²) in [7, 11) is 0.